The first-order chi connectivity index (χ1) is 7.79. The van der Waals surface area contributed by atoms with Crippen molar-refractivity contribution in [3.8, 4) is 0 Å². The summed E-state index contributed by atoms with van der Waals surface area (Å²) < 4.78 is 0. The van der Waals surface area contributed by atoms with Gasteiger partial charge in [-0.15, -0.1) is 0 Å². The van der Waals surface area contributed by atoms with Crippen molar-refractivity contribution in [3.63, 3.8) is 0 Å². The molecule has 1 heterocycles. The Hall–Kier alpha value is -1.58. The number of nitrogens with zero attached hydrogens (tertiary/aromatic N) is 2. The highest BCUT2D eigenvalue weighted by Gasteiger charge is 2.05. The summed E-state index contributed by atoms with van der Waals surface area (Å²) in [5.41, 5.74) is 3.28. The lowest BCUT2D eigenvalue weighted by molar-refractivity contribution is 1.03. The number of aromatic nitrogens is 3. The van der Waals surface area contributed by atoms with E-state index >= 15 is 0 Å². The van der Waals surface area contributed by atoms with Crippen LogP contribution in [0.1, 0.15) is 32.0 Å². The van der Waals surface area contributed by atoms with Gasteiger partial charge in [0, 0.05) is 5.57 Å². The van der Waals surface area contributed by atoms with Gasteiger partial charge in [0.25, 0.3) is 0 Å². The fraction of sp³-hybridized carbons (Fsp3) is 0.333. The average Bonchev–Trinajstić information content (AvgIpc) is 2.65. The lowest BCUT2D eigenvalue weighted by Gasteiger charge is -2.04. The maximum atomic E-state index is 4.37. The van der Waals surface area contributed by atoms with Crippen molar-refractivity contribution in [2.45, 2.75) is 26.2 Å². The molecule has 2 rings (SSSR count). The van der Waals surface area contributed by atoms with Gasteiger partial charge in [-0.3, -0.25) is 5.10 Å². The molecule has 0 bridgehead atoms. The van der Waals surface area contributed by atoms with Crippen molar-refractivity contribution in [1.29, 1.82) is 0 Å². The largest absolute Gasteiger partial charge is 0.260 e. The summed E-state index contributed by atoms with van der Waals surface area (Å²) in [6.45, 7) is 2.17. The quantitative estimate of drug-likeness (QED) is 0.748. The fourth-order valence-electron chi connectivity index (χ4n) is 1.74. The number of H-pyrrole nitrogens is 1. The summed E-state index contributed by atoms with van der Waals surface area (Å²) in [7, 11) is 1.90. The van der Waals surface area contributed by atoms with E-state index < -0.39 is 0 Å². The van der Waals surface area contributed by atoms with E-state index in [2.05, 4.69) is 46.4 Å². The summed E-state index contributed by atoms with van der Waals surface area (Å²) in [6.07, 6.45) is 12.0. The maximum Gasteiger partial charge on any atom is 0.191 e. The fourth-order valence-corrected chi connectivity index (χ4v) is 1.74. The lowest BCUT2D eigenvalue weighted by atomic mass is 10.0. The standard InChI is InChI=1S/C12H16BN3/c1-2-9-6-4-3-5-7-10(8-9)11-14-12(13)16-15-11/h4,6-8H,2-3,5,13H2,1H3,(H,14,15,16)/b6-4-,9-8-,10-7?. The molecule has 0 unspecified atom stereocenters. The number of hydrogen-bond acceptors (Lipinski definition) is 2. The molecule has 0 amide bonds. The molecule has 82 valence electrons. The normalized spacial score (nSPS) is 21.6. The van der Waals surface area contributed by atoms with Crippen molar-refractivity contribution in [2.75, 3.05) is 0 Å². The van der Waals surface area contributed by atoms with E-state index in [4.69, 9.17) is 0 Å². The molecule has 0 saturated heterocycles. The Labute approximate surface area is 96.8 Å². The van der Waals surface area contributed by atoms with Gasteiger partial charge in [-0.1, -0.05) is 25.2 Å². The van der Waals surface area contributed by atoms with Crippen LogP contribution in [0.15, 0.2) is 29.9 Å². The monoisotopic (exact) mass is 213 g/mol. The molecule has 1 aromatic heterocycles. The van der Waals surface area contributed by atoms with Gasteiger partial charge < -0.3 is 0 Å². The molecule has 0 saturated carbocycles. The molecule has 0 aromatic carbocycles. The first kappa shape index (κ1) is 10.9. The van der Waals surface area contributed by atoms with Gasteiger partial charge in [-0.2, -0.15) is 5.10 Å². The Kier molecular flexibility index (Phi) is 3.39. The van der Waals surface area contributed by atoms with E-state index in [-0.39, 0.29) is 0 Å². The van der Waals surface area contributed by atoms with Gasteiger partial charge in [0.2, 0.25) is 0 Å². The minimum Gasteiger partial charge on any atom is -0.260 e. The van der Waals surface area contributed by atoms with Crippen molar-refractivity contribution in [1.82, 2.24) is 15.2 Å². The van der Waals surface area contributed by atoms with Crippen LogP contribution >= 0.6 is 0 Å². The Morgan fingerprint density at radius 3 is 3.00 bits per heavy atom. The number of hydrogen-bond donors (Lipinski definition) is 1. The van der Waals surface area contributed by atoms with Crippen LogP contribution in [0, 0.1) is 0 Å². The summed E-state index contributed by atoms with van der Waals surface area (Å²) in [4.78, 5) is 4.37. The van der Waals surface area contributed by atoms with Crippen LogP contribution in [0.25, 0.3) is 5.57 Å². The molecular formula is C12H16BN3. The molecule has 1 aliphatic carbocycles. The molecule has 0 aliphatic heterocycles. The summed E-state index contributed by atoms with van der Waals surface area (Å²) in [5.74, 6) is 0.874. The van der Waals surface area contributed by atoms with Gasteiger partial charge in [-0.25, -0.2) is 4.98 Å². The summed E-state index contributed by atoms with van der Waals surface area (Å²) in [6, 6.07) is 0. The lowest BCUT2D eigenvalue weighted by Crippen LogP contribution is -2.06. The second kappa shape index (κ2) is 4.97. The van der Waals surface area contributed by atoms with Gasteiger partial charge in [-0.05, 0) is 30.9 Å². The molecule has 1 N–H and O–H groups in total. The number of rotatable bonds is 2. The third-order valence-corrected chi connectivity index (χ3v) is 2.65. The smallest absolute Gasteiger partial charge is 0.191 e. The van der Waals surface area contributed by atoms with Gasteiger partial charge in [0.1, 0.15) is 5.72 Å². The van der Waals surface area contributed by atoms with Crippen LogP contribution in [0.2, 0.25) is 0 Å². The third kappa shape index (κ3) is 2.51. The predicted molar refractivity (Wildman–Crippen MR) is 69.3 cm³/mol. The highest BCUT2D eigenvalue weighted by Crippen LogP contribution is 2.19. The SMILES string of the molecule is Bc1n[nH]c(C2=CCC/C=C\C(CC)=C/2)n1. The van der Waals surface area contributed by atoms with Gasteiger partial charge in [0.05, 0.1) is 0 Å². The van der Waals surface area contributed by atoms with Gasteiger partial charge in [0.15, 0.2) is 13.7 Å². The highest BCUT2D eigenvalue weighted by atomic mass is 15.2. The Morgan fingerprint density at radius 1 is 1.44 bits per heavy atom. The zero-order valence-corrected chi connectivity index (χ0v) is 9.83. The summed E-state index contributed by atoms with van der Waals surface area (Å²) in [5, 5.41) is 7.04. The first-order valence-corrected chi connectivity index (χ1v) is 5.76. The average molecular weight is 213 g/mol. The molecule has 4 heteroatoms. The van der Waals surface area contributed by atoms with Crippen molar-refractivity contribution >= 4 is 19.1 Å². The summed E-state index contributed by atoms with van der Waals surface area (Å²) >= 11 is 0. The van der Waals surface area contributed by atoms with Crippen LogP contribution in [0.3, 0.4) is 0 Å². The van der Waals surface area contributed by atoms with Crippen molar-refractivity contribution in [3.05, 3.63) is 35.7 Å². The molecule has 16 heavy (non-hydrogen) atoms. The minimum atomic E-state index is 0.792. The van der Waals surface area contributed by atoms with Crippen molar-refractivity contribution in [2.24, 2.45) is 0 Å². The molecule has 0 spiro atoms. The Morgan fingerprint density at radius 2 is 2.31 bits per heavy atom. The van der Waals surface area contributed by atoms with E-state index in [9.17, 15) is 0 Å². The van der Waals surface area contributed by atoms with E-state index in [1.807, 2.05) is 7.85 Å². The second-order valence-electron chi connectivity index (χ2n) is 3.94. The zero-order valence-electron chi connectivity index (χ0n) is 9.83. The maximum absolute atomic E-state index is 4.37. The second-order valence-corrected chi connectivity index (χ2v) is 3.94. The molecule has 1 aromatic rings. The number of aromatic amines is 1. The zero-order chi connectivity index (χ0) is 11.4. The predicted octanol–water partition coefficient (Wildman–Crippen LogP) is 1.13. The molecule has 0 radical (unpaired) electrons. The van der Waals surface area contributed by atoms with Crippen LogP contribution in [0.5, 0.6) is 0 Å². The molecular weight excluding hydrogens is 197 g/mol. The molecule has 0 fully saturated rings. The van der Waals surface area contributed by atoms with E-state index in [1.54, 1.807) is 0 Å². The minimum absolute atomic E-state index is 0.792. The Bertz CT molecular complexity index is 455. The topological polar surface area (TPSA) is 41.6 Å². The Balaban J connectivity index is 2.34. The highest BCUT2D eigenvalue weighted by molar-refractivity contribution is 6.28. The van der Waals surface area contributed by atoms with Crippen molar-refractivity contribution < 1.29 is 0 Å². The molecule has 3 nitrogen and oxygen atoms in total. The van der Waals surface area contributed by atoms with Crippen LogP contribution < -0.4 is 5.72 Å². The number of allylic oxidation sites excluding steroid dienone is 6. The molecule has 1 aliphatic rings. The van der Waals surface area contributed by atoms with Crippen LogP contribution in [0.4, 0.5) is 0 Å². The van der Waals surface area contributed by atoms with Crippen LogP contribution in [-0.2, 0) is 0 Å². The molecule has 0 atom stereocenters. The first-order valence-electron chi connectivity index (χ1n) is 5.76. The third-order valence-electron chi connectivity index (χ3n) is 2.65. The van der Waals surface area contributed by atoms with Gasteiger partial charge >= 0.3 is 0 Å². The van der Waals surface area contributed by atoms with Crippen LogP contribution in [-0.4, -0.2) is 23.0 Å². The van der Waals surface area contributed by atoms with E-state index in [1.165, 1.54) is 5.57 Å². The number of nitrogens with one attached hydrogen (secondary N) is 1. The van der Waals surface area contributed by atoms with E-state index in [0.717, 1.165) is 36.4 Å². The van der Waals surface area contributed by atoms with E-state index in [0.29, 0.717) is 0 Å².